The molecule has 0 aromatic heterocycles. The predicted molar refractivity (Wildman–Crippen MR) is 107 cm³/mol. The third-order valence-electron chi connectivity index (χ3n) is 3.48. The Balaban J connectivity index is 0.00000338. The van der Waals surface area contributed by atoms with E-state index in [2.05, 4.69) is 21.2 Å². The first-order chi connectivity index (χ1) is 12.1. The first kappa shape index (κ1) is 22.7. The maximum absolute atomic E-state index is 13.0. The molecule has 144 valence electrons. The number of ether oxygens (including phenoxy) is 3. The van der Waals surface area contributed by atoms with Crippen molar-refractivity contribution in [2.45, 2.75) is 20.1 Å². The fourth-order valence-electron chi connectivity index (χ4n) is 2.27. The van der Waals surface area contributed by atoms with Crippen molar-refractivity contribution >= 4 is 28.3 Å². The summed E-state index contributed by atoms with van der Waals surface area (Å²) in [5.41, 5.74) is 1.97. The lowest BCUT2D eigenvalue weighted by Crippen LogP contribution is -2.18. The number of methoxy groups -OCH3 is 1. The van der Waals surface area contributed by atoms with E-state index in [1.165, 1.54) is 12.1 Å². The molecule has 0 saturated heterocycles. The van der Waals surface area contributed by atoms with E-state index in [1.807, 2.05) is 19.1 Å². The van der Waals surface area contributed by atoms with Crippen LogP contribution in [-0.2, 0) is 17.9 Å². The lowest BCUT2D eigenvalue weighted by atomic mass is 10.2. The van der Waals surface area contributed by atoms with Crippen LogP contribution < -0.4 is 14.8 Å². The highest BCUT2D eigenvalue weighted by molar-refractivity contribution is 9.10. The van der Waals surface area contributed by atoms with Crippen molar-refractivity contribution in [1.82, 2.24) is 5.32 Å². The second-order valence-corrected chi connectivity index (χ2v) is 6.28. The van der Waals surface area contributed by atoms with Crippen LogP contribution in [-0.4, -0.2) is 26.9 Å². The Bertz CT molecular complexity index is 671. The fraction of sp³-hybridized carbons (Fsp3) is 0.368. The van der Waals surface area contributed by atoms with Crippen LogP contribution in [0.2, 0.25) is 0 Å². The zero-order valence-corrected chi connectivity index (χ0v) is 17.3. The first-order valence-electron chi connectivity index (χ1n) is 8.16. The Morgan fingerprint density at radius 2 is 1.81 bits per heavy atom. The summed E-state index contributed by atoms with van der Waals surface area (Å²) in [6.45, 7) is 4.96. The summed E-state index contributed by atoms with van der Waals surface area (Å²) in [6, 6.07) is 10.2. The molecule has 0 aliphatic carbocycles. The molecule has 0 amide bonds. The van der Waals surface area contributed by atoms with Crippen molar-refractivity contribution in [3.8, 4) is 11.5 Å². The van der Waals surface area contributed by atoms with Crippen molar-refractivity contribution < 1.29 is 18.6 Å². The van der Waals surface area contributed by atoms with Crippen LogP contribution >= 0.6 is 28.3 Å². The molecule has 1 N–H and O–H groups in total. The molecule has 0 fully saturated rings. The highest BCUT2D eigenvalue weighted by atomic mass is 79.9. The summed E-state index contributed by atoms with van der Waals surface area (Å²) in [5.74, 6) is 1.07. The minimum Gasteiger partial charge on any atom is -0.490 e. The summed E-state index contributed by atoms with van der Waals surface area (Å²) in [6.07, 6.45) is 0. The maximum atomic E-state index is 13.0. The van der Waals surface area contributed by atoms with Crippen molar-refractivity contribution in [3.05, 3.63) is 57.8 Å². The van der Waals surface area contributed by atoms with Gasteiger partial charge in [0, 0.05) is 20.2 Å². The molecule has 7 heteroatoms. The Morgan fingerprint density at radius 1 is 1.08 bits per heavy atom. The van der Waals surface area contributed by atoms with Gasteiger partial charge in [0.05, 0.1) is 17.7 Å². The maximum Gasteiger partial charge on any atom is 0.175 e. The molecule has 0 heterocycles. The second kappa shape index (κ2) is 12.1. The van der Waals surface area contributed by atoms with E-state index in [4.69, 9.17) is 14.2 Å². The molecule has 0 radical (unpaired) electrons. The van der Waals surface area contributed by atoms with E-state index in [1.54, 1.807) is 19.2 Å². The number of rotatable bonds is 10. The van der Waals surface area contributed by atoms with Gasteiger partial charge in [0.2, 0.25) is 0 Å². The number of halogens is 3. The normalized spacial score (nSPS) is 10.3. The lowest BCUT2D eigenvalue weighted by Gasteiger charge is -2.16. The first-order valence-corrected chi connectivity index (χ1v) is 8.95. The van der Waals surface area contributed by atoms with Crippen molar-refractivity contribution in [2.24, 2.45) is 0 Å². The van der Waals surface area contributed by atoms with E-state index >= 15 is 0 Å². The third-order valence-corrected chi connectivity index (χ3v) is 4.07. The Hall–Kier alpha value is -1.34. The monoisotopic (exact) mass is 447 g/mol. The minimum atomic E-state index is -0.259. The van der Waals surface area contributed by atoms with Gasteiger partial charge in [-0.2, -0.15) is 0 Å². The lowest BCUT2D eigenvalue weighted by molar-refractivity contribution is 0.199. The minimum absolute atomic E-state index is 0. The smallest absolute Gasteiger partial charge is 0.175 e. The molecule has 0 spiro atoms. The van der Waals surface area contributed by atoms with Gasteiger partial charge < -0.3 is 19.5 Å². The standard InChI is InChI=1S/C19H23BrFNO3.ClH/c1-3-24-18-11-15(12-22-8-9-23-2)10-17(20)19(18)25-13-14-4-6-16(21)7-5-14;/h4-7,10-11,22H,3,8-9,12-13H2,1-2H3;1H. The highest BCUT2D eigenvalue weighted by Gasteiger charge is 2.12. The summed E-state index contributed by atoms with van der Waals surface area (Å²) in [7, 11) is 1.68. The van der Waals surface area contributed by atoms with Gasteiger partial charge >= 0.3 is 0 Å². The van der Waals surface area contributed by atoms with Gasteiger partial charge in [-0.3, -0.25) is 0 Å². The van der Waals surface area contributed by atoms with Crippen LogP contribution in [0, 0.1) is 5.82 Å². The summed E-state index contributed by atoms with van der Waals surface area (Å²) < 4.78 is 30.5. The molecule has 0 unspecified atom stereocenters. The number of nitrogens with one attached hydrogen (secondary N) is 1. The van der Waals surface area contributed by atoms with Gasteiger partial charge in [0.25, 0.3) is 0 Å². The van der Waals surface area contributed by atoms with Gasteiger partial charge in [-0.05, 0) is 58.2 Å². The number of hydrogen-bond donors (Lipinski definition) is 1. The van der Waals surface area contributed by atoms with E-state index in [0.717, 1.165) is 22.1 Å². The fourth-order valence-corrected chi connectivity index (χ4v) is 2.87. The third kappa shape index (κ3) is 7.11. The van der Waals surface area contributed by atoms with E-state index in [0.29, 0.717) is 37.9 Å². The van der Waals surface area contributed by atoms with Crippen LogP contribution in [0.4, 0.5) is 4.39 Å². The molecule has 2 aromatic carbocycles. The zero-order valence-electron chi connectivity index (χ0n) is 14.9. The van der Waals surface area contributed by atoms with Gasteiger partial charge in [0.15, 0.2) is 11.5 Å². The van der Waals surface area contributed by atoms with Crippen molar-refractivity contribution in [1.29, 1.82) is 0 Å². The van der Waals surface area contributed by atoms with Gasteiger partial charge in [-0.25, -0.2) is 4.39 Å². The molecule has 26 heavy (non-hydrogen) atoms. The van der Waals surface area contributed by atoms with Crippen LogP contribution in [0.3, 0.4) is 0 Å². The van der Waals surface area contributed by atoms with Crippen LogP contribution in [0.25, 0.3) is 0 Å². The highest BCUT2D eigenvalue weighted by Crippen LogP contribution is 2.37. The topological polar surface area (TPSA) is 39.7 Å². The summed E-state index contributed by atoms with van der Waals surface area (Å²) in [5, 5.41) is 3.30. The van der Waals surface area contributed by atoms with Gasteiger partial charge in [-0.1, -0.05) is 12.1 Å². The van der Waals surface area contributed by atoms with Crippen LogP contribution in [0.15, 0.2) is 40.9 Å². The van der Waals surface area contributed by atoms with E-state index in [-0.39, 0.29) is 18.2 Å². The molecule has 0 aliphatic rings. The Morgan fingerprint density at radius 3 is 2.46 bits per heavy atom. The molecule has 0 saturated carbocycles. The molecule has 0 bridgehead atoms. The van der Waals surface area contributed by atoms with Crippen LogP contribution in [0.5, 0.6) is 11.5 Å². The van der Waals surface area contributed by atoms with E-state index in [9.17, 15) is 4.39 Å². The molecular formula is C19H24BrClFNO3. The van der Waals surface area contributed by atoms with Crippen LogP contribution in [0.1, 0.15) is 18.1 Å². The largest absolute Gasteiger partial charge is 0.490 e. The second-order valence-electron chi connectivity index (χ2n) is 5.42. The quantitative estimate of drug-likeness (QED) is 0.534. The average Bonchev–Trinajstić information content (AvgIpc) is 2.60. The number of hydrogen-bond acceptors (Lipinski definition) is 4. The van der Waals surface area contributed by atoms with Crippen molar-refractivity contribution in [2.75, 3.05) is 26.9 Å². The Labute approximate surface area is 168 Å². The Kier molecular flexibility index (Phi) is 10.6. The zero-order chi connectivity index (χ0) is 18.1. The molecule has 2 rings (SSSR count). The summed E-state index contributed by atoms with van der Waals surface area (Å²) >= 11 is 3.56. The number of benzene rings is 2. The van der Waals surface area contributed by atoms with Gasteiger partial charge in [0.1, 0.15) is 12.4 Å². The molecule has 0 atom stereocenters. The van der Waals surface area contributed by atoms with E-state index < -0.39 is 0 Å². The molecule has 2 aromatic rings. The molecule has 0 aliphatic heterocycles. The van der Waals surface area contributed by atoms with Crippen molar-refractivity contribution in [3.63, 3.8) is 0 Å². The SMILES string of the molecule is CCOc1cc(CNCCOC)cc(Br)c1OCc1ccc(F)cc1.Cl. The molecular weight excluding hydrogens is 425 g/mol. The van der Waals surface area contributed by atoms with Gasteiger partial charge in [-0.15, -0.1) is 12.4 Å². The summed E-state index contributed by atoms with van der Waals surface area (Å²) in [4.78, 5) is 0. The molecule has 4 nitrogen and oxygen atoms in total. The average molecular weight is 449 g/mol. The predicted octanol–water partition coefficient (Wildman–Crippen LogP) is 4.72.